The molecule has 0 aliphatic heterocycles. The zero-order valence-electron chi connectivity index (χ0n) is 14.1. The lowest BCUT2D eigenvalue weighted by atomic mass is 10.1. The van der Waals surface area contributed by atoms with Gasteiger partial charge in [-0.25, -0.2) is 13.1 Å². The van der Waals surface area contributed by atoms with Gasteiger partial charge in [0.2, 0.25) is 10.0 Å². The summed E-state index contributed by atoms with van der Waals surface area (Å²) in [6.07, 6.45) is 0. The first-order valence-corrected chi connectivity index (χ1v) is 8.92. The second kappa shape index (κ2) is 6.72. The maximum absolute atomic E-state index is 12.3. The van der Waals surface area contributed by atoms with Crippen LogP contribution in [0.25, 0.3) is 0 Å². The summed E-state index contributed by atoms with van der Waals surface area (Å²) in [7, 11) is -3.58. The number of aromatic amines is 1. The van der Waals surface area contributed by atoms with Crippen LogP contribution in [-0.2, 0) is 10.0 Å². The highest BCUT2D eigenvalue weighted by Gasteiger charge is 2.21. The fraction of sp³-hybridized carbons (Fsp3) is 0.438. The van der Waals surface area contributed by atoms with Crippen LogP contribution in [0.3, 0.4) is 0 Å². The van der Waals surface area contributed by atoms with Crippen LogP contribution >= 0.6 is 0 Å². The quantitative estimate of drug-likeness (QED) is 0.792. The number of H-pyrrole nitrogens is 1. The number of hydrogen-bond donors (Lipinski definition) is 2. The minimum absolute atomic E-state index is 0.193. The van der Waals surface area contributed by atoms with Gasteiger partial charge in [-0.1, -0.05) is 6.07 Å². The fourth-order valence-electron chi connectivity index (χ4n) is 2.44. The molecule has 0 fully saturated rings. The van der Waals surface area contributed by atoms with Gasteiger partial charge in [-0.15, -0.1) is 0 Å². The second-order valence-corrected chi connectivity index (χ2v) is 7.42. The zero-order valence-corrected chi connectivity index (χ0v) is 15.0. The maximum Gasteiger partial charge on any atom is 0.244 e. The Bertz CT molecular complexity index is 791. The molecule has 0 saturated carbocycles. The lowest BCUT2D eigenvalue weighted by Gasteiger charge is -2.12. The van der Waals surface area contributed by atoms with Gasteiger partial charge in [0.1, 0.15) is 17.3 Å². The molecule has 2 aromatic rings. The number of aromatic nitrogens is 2. The molecule has 0 unspecified atom stereocenters. The van der Waals surface area contributed by atoms with Crippen molar-refractivity contribution in [3.63, 3.8) is 0 Å². The number of benzene rings is 1. The predicted molar refractivity (Wildman–Crippen MR) is 89.4 cm³/mol. The number of rotatable bonds is 6. The molecule has 1 aromatic heterocycles. The first kappa shape index (κ1) is 17.5. The van der Waals surface area contributed by atoms with Crippen LogP contribution < -0.4 is 9.46 Å². The predicted octanol–water partition coefficient (Wildman–Crippen LogP) is 2.31. The van der Waals surface area contributed by atoms with Crippen molar-refractivity contribution in [1.29, 1.82) is 0 Å². The van der Waals surface area contributed by atoms with E-state index >= 15 is 0 Å². The van der Waals surface area contributed by atoms with Crippen molar-refractivity contribution in [3.05, 3.63) is 40.2 Å². The van der Waals surface area contributed by atoms with E-state index in [-0.39, 0.29) is 18.0 Å². The topological polar surface area (TPSA) is 84.1 Å². The highest BCUT2D eigenvalue weighted by atomic mass is 32.2. The Morgan fingerprint density at radius 3 is 2.35 bits per heavy atom. The van der Waals surface area contributed by atoms with Gasteiger partial charge in [-0.2, -0.15) is 5.10 Å². The van der Waals surface area contributed by atoms with E-state index in [1.807, 2.05) is 19.9 Å². The molecular formula is C16H23N3O3S. The van der Waals surface area contributed by atoms with Crippen molar-refractivity contribution < 1.29 is 13.2 Å². The van der Waals surface area contributed by atoms with E-state index in [1.54, 1.807) is 13.8 Å². The molecule has 0 aliphatic carbocycles. The standard InChI is InChI=1S/C16H23N3O3S/c1-10-8-12(3)15(9-11(10)2)22-7-6-17-23(20,21)16-13(4)18-19-14(16)5/h8-9,17H,6-7H2,1-5H3,(H,18,19). The molecule has 0 aliphatic rings. The largest absolute Gasteiger partial charge is 0.492 e. The number of nitrogens with one attached hydrogen (secondary N) is 2. The molecule has 6 nitrogen and oxygen atoms in total. The fourth-order valence-corrected chi connectivity index (χ4v) is 3.82. The molecule has 0 amide bonds. The van der Waals surface area contributed by atoms with Crippen molar-refractivity contribution in [1.82, 2.24) is 14.9 Å². The van der Waals surface area contributed by atoms with Gasteiger partial charge in [-0.3, -0.25) is 5.10 Å². The Kier molecular flexibility index (Phi) is 5.11. The summed E-state index contributed by atoms with van der Waals surface area (Å²) in [6, 6.07) is 4.04. The van der Waals surface area contributed by atoms with Crippen LogP contribution in [0.1, 0.15) is 28.1 Å². The van der Waals surface area contributed by atoms with E-state index < -0.39 is 10.0 Å². The number of ether oxygens (including phenoxy) is 1. The first-order valence-electron chi connectivity index (χ1n) is 7.44. The molecule has 0 spiro atoms. The minimum Gasteiger partial charge on any atom is -0.492 e. The van der Waals surface area contributed by atoms with Gasteiger partial charge < -0.3 is 4.74 Å². The van der Waals surface area contributed by atoms with Gasteiger partial charge in [0.25, 0.3) is 0 Å². The van der Waals surface area contributed by atoms with Crippen LogP contribution in [0.4, 0.5) is 0 Å². The molecule has 0 saturated heterocycles. The molecule has 0 radical (unpaired) electrons. The average Bonchev–Trinajstić information content (AvgIpc) is 2.80. The Hall–Kier alpha value is -1.86. The van der Waals surface area contributed by atoms with Gasteiger partial charge in [0.05, 0.1) is 11.4 Å². The highest BCUT2D eigenvalue weighted by molar-refractivity contribution is 7.89. The summed E-state index contributed by atoms with van der Waals surface area (Å²) < 4.78 is 32.8. The van der Waals surface area contributed by atoms with E-state index in [0.29, 0.717) is 11.4 Å². The van der Waals surface area contributed by atoms with Gasteiger partial charge in [0.15, 0.2) is 0 Å². The van der Waals surface area contributed by atoms with Crippen LogP contribution in [-0.4, -0.2) is 31.8 Å². The van der Waals surface area contributed by atoms with Crippen molar-refractivity contribution in [3.8, 4) is 5.75 Å². The molecule has 0 atom stereocenters. The van der Waals surface area contributed by atoms with Crippen LogP contribution in [0, 0.1) is 34.6 Å². The molecule has 23 heavy (non-hydrogen) atoms. The molecular weight excluding hydrogens is 314 g/mol. The van der Waals surface area contributed by atoms with Crippen molar-refractivity contribution in [2.24, 2.45) is 0 Å². The summed E-state index contributed by atoms with van der Waals surface area (Å²) in [5.74, 6) is 0.781. The molecule has 7 heteroatoms. The second-order valence-electron chi connectivity index (χ2n) is 5.71. The molecule has 0 bridgehead atoms. The first-order chi connectivity index (χ1) is 10.7. The van der Waals surface area contributed by atoms with E-state index in [4.69, 9.17) is 4.74 Å². The summed E-state index contributed by atoms with van der Waals surface area (Å²) in [5, 5.41) is 6.59. The Morgan fingerprint density at radius 1 is 1.09 bits per heavy atom. The lowest BCUT2D eigenvalue weighted by Crippen LogP contribution is -2.29. The Balaban J connectivity index is 1.97. The third kappa shape index (κ3) is 3.92. The average molecular weight is 337 g/mol. The molecule has 1 heterocycles. The number of aryl methyl sites for hydroxylation is 5. The third-order valence-electron chi connectivity index (χ3n) is 3.77. The Morgan fingerprint density at radius 2 is 1.74 bits per heavy atom. The summed E-state index contributed by atoms with van der Waals surface area (Å²) in [5.41, 5.74) is 4.39. The van der Waals surface area contributed by atoms with Crippen molar-refractivity contribution >= 4 is 10.0 Å². The van der Waals surface area contributed by atoms with Gasteiger partial charge in [0, 0.05) is 6.54 Å². The van der Waals surface area contributed by atoms with E-state index in [2.05, 4.69) is 27.9 Å². The summed E-state index contributed by atoms with van der Waals surface area (Å²) >= 11 is 0. The molecule has 1 aromatic carbocycles. The summed E-state index contributed by atoms with van der Waals surface area (Å²) in [6.45, 7) is 9.85. The molecule has 2 rings (SSSR count). The monoisotopic (exact) mass is 337 g/mol. The van der Waals surface area contributed by atoms with E-state index in [9.17, 15) is 8.42 Å². The summed E-state index contributed by atoms with van der Waals surface area (Å²) in [4.78, 5) is 0.208. The smallest absolute Gasteiger partial charge is 0.244 e. The van der Waals surface area contributed by atoms with Gasteiger partial charge >= 0.3 is 0 Å². The van der Waals surface area contributed by atoms with E-state index in [1.165, 1.54) is 5.56 Å². The SMILES string of the molecule is Cc1cc(C)c(OCCNS(=O)(=O)c2c(C)n[nH]c2C)cc1C. The molecule has 2 N–H and O–H groups in total. The van der Waals surface area contributed by atoms with Gasteiger partial charge in [-0.05, 0) is 57.4 Å². The van der Waals surface area contributed by atoms with Crippen LogP contribution in [0.15, 0.2) is 17.0 Å². The van der Waals surface area contributed by atoms with Crippen molar-refractivity contribution in [2.75, 3.05) is 13.2 Å². The van der Waals surface area contributed by atoms with E-state index in [0.717, 1.165) is 16.9 Å². The normalized spacial score (nSPS) is 11.7. The lowest BCUT2D eigenvalue weighted by molar-refractivity contribution is 0.320. The number of hydrogen-bond acceptors (Lipinski definition) is 4. The zero-order chi connectivity index (χ0) is 17.2. The van der Waals surface area contributed by atoms with Crippen LogP contribution in [0.2, 0.25) is 0 Å². The maximum atomic E-state index is 12.3. The Labute approximate surface area is 137 Å². The van der Waals surface area contributed by atoms with Crippen LogP contribution in [0.5, 0.6) is 5.75 Å². The number of nitrogens with zero attached hydrogens (tertiary/aromatic N) is 1. The van der Waals surface area contributed by atoms with Crippen molar-refractivity contribution in [2.45, 2.75) is 39.5 Å². The minimum atomic E-state index is -3.58. The number of sulfonamides is 1. The molecule has 126 valence electrons. The highest BCUT2D eigenvalue weighted by Crippen LogP contribution is 2.22. The third-order valence-corrected chi connectivity index (χ3v) is 5.50.